The first-order valence-electron chi connectivity index (χ1n) is 5.39. The lowest BCUT2D eigenvalue weighted by Crippen LogP contribution is -2.12. The Morgan fingerprint density at radius 1 is 1.31 bits per heavy atom. The number of ketones is 1. The van der Waals surface area contributed by atoms with Gasteiger partial charge in [0.25, 0.3) is 0 Å². The highest BCUT2D eigenvalue weighted by atomic mass is 16.1. The minimum absolute atomic E-state index is 0.00456. The summed E-state index contributed by atoms with van der Waals surface area (Å²) in [7, 11) is 0. The fourth-order valence-electron chi connectivity index (χ4n) is 1.58. The van der Waals surface area contributed by atoms with E-state index in [4.69, 9.17) is 0 Å². The molecule has 0 unspecified atom stereocenters. The Balaban J connectivity index is 2.59. The van der Waals surface area contributed by atoms with Crippen LogP contribution in [0.4, 0.5) is 0 Å². The average molecular weight is 216 g/mol. The first-order valence-corrected chi connectivity index (χ1v) is 5.39. The zero-order valence-electron chi connectivity index (χ0n) is 10.1. The molecule has 0 radical (unpaired) electrons. The van der Waals surface area contributed by atoms with Gasteiger partial charge in [-0.25, -0.2) is 4.98 Å². The van der Waals surface area contributed by atoms with Crippen molar-refractivity contribution in [1.29, 1.82) is 0 Å². The molecule has 1 aromatic heterocycles. The second-order valence-corrected chi connectivity index (χ2v) is 5.12. The summed E-state index contributed by atoms with van der Waals surface area (Å²) >= 11 is 0. The van der Waals surface area contributed by atoms with E-state index in [0.717, 1.165) is 22.4 Å². The maximum Gasteiger partial charge on any atom is 0.159 e. The van der Waals surface area contributed by atoms with E-state index in [-0.39, 0.29) is 11.2 Å². The van der Waals surface area contributed by atoms with Gasteiger partial charge in [0, 0.05) is 11.0 Å². The number of carbonyl (C=O) groups is 1. The van der Waals surface area contributed by atoms with Gasteiger partial charge >= 0.3 is 0 Å². The molecule has 0 atom stereocenters. The van der Waals surface area contributed by atoms with Gasteiger partial charge in [0.15, 0.2) is 5.78 Å². The fourth-order valence-corrected chi connectivity index (χ4v) is 1.58. The maximum atomic E-state index is 11.3. The fraction of sp³-hybridized carbons (Fsp3) is 0.385. The molecule has 16 heavy (non-hydrogen) atoms. The van der Waals surface area contributed by atoms with Crippen molar-refractivity contribution >= 4 is 16.8 Å². The summed E-state index contributed by atoms with van der Waals surface area (Å²) in [5, 5.41) is 0. The zero-order chi connectivity index (χ0) is 11.9. The largest absolute Gasteiger partial charge is 0.342 e. The smallest absolute Gasteiger partial charge is 0.159 e. The number of aromatic amines is 1. The summed E-state index contributed by atoms with van der Waals surface area (Å²) in [4.78, 5) is 19.0. The van der Waals surface area contributed by atoms with Gasteiger partial charge in [-0.1, -0.05) is 20.8 Å². The topological polar surface area (TPSA) is 45.8 Å². The molecule has 0 amide bonds. The molecule has 0 saturated carbocycles. The van der Waals surface area contributed by atoms with Crippen LogP contribution in [0.25, 0.3) is 11.0 Å². The molecule has 0 aliphatic heterocycles. The van der Waals surface area contributed by atoms with Crippen molar-refractivity contribution in [3.05, 3.63) is 29.6 Å². The molecule has 0 bridgehead atoms. The van der Waals surface area contributed by atoms with Crippen molar-refractivity contribution in [1.82, 2.24) is 9.97 Å². The van der Waals surface area contributed by atoms with Crippen LogP contribution in [-0.2, 0) is 5.41 Å². The molecule has 1 N–H and O–H groups in total. The highest BCUT2D eigenvalue weighted by Gasteiger charge is 2.18. The molecule has 0 saturated heterocycles. The molecule has 3 heteroatoms. The molecule has 0 aliphatic carbocycles. The molecule has 3 nitrogen and oxygen atoms in total. The Kier molecular flexibility index (Phi) is 2.34. The number of Topliss-reactive ketones (excluding diaryl/α,β-unsaturated/α-hetero) is 1. The number of rotatable bonds is 1. The monoisotopic (exact) mass is 216 g/mol. The van der Waals surface area contributed by atoms with Gasteiger partial charge in [0.2, 0.25) is 0 Å². The lowest BCUT2D eigenvalue weighted by molar-refractivity contribution is 0.101. The molecule has 84 valence electrons. The SMILES string of the molecule is CC(=O)c1ccc2nc(C(C)(C)C)[nH]c2c1. The highest BCUT2D eigenvalue weighted by Crippen LogP contribution is 2.23. The van der Waals surface area contributed by atoms with Crippen LogP contribution < -0.4 is 0 Å². The quantitative estimate of drug-likeness (QED) is 0.744. The number of benzene rings is 1. The van der Waals surface area contributed by atoms with Crippen LogP contribution in [0.3, 0.4) is 0 Å². The lowest BCUT2D eigenvalue weighted by atomic mass is 9.96. The van der Waals surface area contributed by atoms with Crippen LogP contribution >= 0.6 is 0 Å². The number of nitrogens with zero attached hydrogens (tertiary/aromatic N) is 1. The van der Waals surface area contributed by atoms with E-state index in [1.807, 2.05) is 18.2 Å². The minimum Gasteiger partial charge on any atom is -0.342 e. The van der Waals surface area contributed by atoms with Crippen molar-refractivity contribution in [2.45, 2.75) is 33.1 Å². The van der Waals surface area contributed by atoms with Crippen molar-refractivity contribution in [2.75, 3.05) is 0 Å². The third-order valence-electron chi connectivity index (χ3n) is 2.60. The van der Waals surface area contributed by atoms with Crippen molar-refractivity contribution in [2.24, 2.45) is 0 Å². The third kappa shape index (κ3) is 1.85. The van der Waals surface area contributed by atoms with Crippen LogP contribution in [-0.4, -0.2) is 15.8 Å². The van der Waals surface area contributed by atoms with E-state index in [0.29, 0.717) is 0 Å². The van der Waals surface area contributed by atoms with Crippen LogP contribution in [0.15, 0.2) is 18.2 Å². The van der Waals surface area contributed by atoms with E-state index in [9.17, 15) is 4.79 Å². The van der Waals surface area contributed by atoms with Crippen LogP contribution in [0.5, 0.6) is 0 Å². The predicted octanol–water partition coefficient (Wildman–Crippen LogP) is 3.06. The number of hydrogen-bond acceptors (Lipinski definition) is 2. The predicted molar refractivity (Wildman–Crippen MR) is 64.8 cm³/mol. The minimum atomic E-state index is -0.00456. The number of H-pyrrole nitrogens is 1. The molecule has 0 fully saturated rings. The Morgan fingerprint density at radius 3 is 2.56 bits per heavy atom. The Hall–Kier alpha value is -1.64. The number of imidazole rings is 1. The van der Waals surface area contributed by atoms with Crippen molar-refractivity contribution in [3.63, 3.8) is 0 Å². The molecule has 1 heterocycles. The summed E-state index contributed by atoms with van der Waals surface area (Å²) in [6.07, 6.45) is 0. The Labute approximate surface area is 94.9 Å². The molecule has 0 aliphatic rings. The summed E-state index contributed by atoms with van der Waals surface area (Å²) in [5.41, 5.74) is 2.55. The first kappa shape index (κ1) is 10.9. The second-order valence-electron chi connectivity index (χ2n) is 5.12. The summed E-state index contributed by atoms with van der Waals surface area (Å²) in [6, 6.07) is 5.57. The molecular weight excluding hydrogens is 200 g/mol. The van der Waals surface area contributed by atoms with E-state index in [1.165, 1.54) is 0 Å². The normalized spacial score (nSPS) is 12.0. The summed E-state index contributed by atoms with van der Waals surface area (Å²) < 4.78 is 0. The maximum absolute atomic E-state index is 11.3. The van der Waals surface area contributed by atoms with E-state index >= 15 is 0 Å². The Bertz CT molecular complexity index is 547. The van der Waals surface area contributed by atoms with Crippen molar-refractivity contribution in [3.8, 4) is 0 Å². The average Bonchev–Trinajstić information content (AvgIpc) is 2.58. The highest BCUT2D eigenvalue weighted by molar-refractivity contribution is 5.97. The number of nitrogens with one attached hydrogen (secondary N) is 1. The van der Waals surface area contributed by atoms with Crippen LogP contribution in [0.1, 0.15) is 43.9 Å². The van der Waals surface area contributed by atoms with Gasteiger partial charge < -0.3 is 4.98 Å². The van der Waals surface area contributed by atoms with Gasteiger partial charge in [-0.2, -0.15) is 0 Å². The van der Waals surface area contributed by atoms with E-state index < -0.39 is 0 Å². The first-order chi connectivity index (χ1) is 7.38. The molecule has 2 rings (SSSR count). The number of aromatic nitrogens is 2. The number of fused-ring (bicyclic) bond motifs is 1. The second kappa shape index (κ2) is 3.44. The van der Waals surface area contributed by atoms with Gasteiger partial charge in [0.05, 0.1) is 11.0 Å². The van der Waals surface area contributed by atoms with Gasteiger partial charge in [-0.3, -0.25) is 4.79 Å². The molecule has 1 aromatic carbocycles. The third-order valence-corrected chi connectivity index (χ3v) is 2.60. The molecule has 0 spiro atoms. The van der Waals surface area contributed by atoms with Crippen LogP contribution in [0.2, 0.25) is 0 Å². The summed E-state index contributed by atoms with van der Waals surface area (Å²) in [6.45, 7) is 7.89. The van der Waals surface area contributed by atoms with Gasteiger partial charge in [-0.15, -0.1) is 0 Å². The van der Waals surface area contributed by atoms with Crippen molar-refractivity contribution < 1.29 is 4.79 Å². The zero-order valence-corrected chi connectivity index (χ0v) is 10.1. The lowest BCUT2D eigenvalue weighted by Gasteiger charge is -2.13. The molecule has 2 aromatic rings. The van der Waals surface area contributed by atoms with E-state index in [2.05, 4.69) is 30.7 Å². The summed E-state index contributed by atoms with van der Waals surface area (Å²) in [5.74, 6) is 1.03. The number of hydrogen-bond donors (Lipinski definition) is 1. The Morgan fingerprint density at radius 2 is 2.00 bits per heavy atom. The standard InChI is InChI=1S/C13H16N2O/c1-8(16)9-5-6-10-11(7-9)15-12(14-10)13(2,3)4/h5-7H,1-4H3,(H,14,15). The van der Waals surface area contributed by atoms with Crippen LogP contribution in [0, 0.1) is 0 Å². The molecular formula is C13H16N2O. The number of carbonyl (C=O) groups excluding carboxylic acids is 1. The van der Waals surface area contributed by atoms with Gasteiger partial charge in [-0.05, 0) is 25.1 Å². The van der Waals surface area contributed by atoms with Gasteiger partial charge in [0.1, 0.15) is 5.82 Å². The van der Waals surface area contributed by atoms with E-state index in [1.54, 1.807) is 6.92 Å².